The molecule has 13 heteroatoms. The molecule has 3 aliphatic heterocycles. The molecule has 1 aromatic heterocycles. The van der Waals surface area contributed by atoms with E-state index in [1.54, 1.807) is 28.2 Å². The fourth-order valence-electron chi connectivity index (χ4n) is 6.66. The second kappa shape index (κ2) is 12.5. The fourth-order valence-corrected chi connectivity index (χ4v) is 6.86. The van der Waals surface area contributed by atoms with Crippen molar-refractivity contribution in [2.75, 3.05) is 55.7 Å². The summed E-state index contributed by atoms with van der Waals surface area (Å²) in [6, 6.07) is 17.2. The Kier molecular flexibility index (Phi) is 8.30. The predicted octanol–water partition coefficient (Wildman–Crippen LogP) is 4.20. The number of amides is 3. The minimum atomic E-state index is -1.11. The summed E-state index contributed by atoms with van der Waals surface area (Å²) in [5, 5.41) is 18.2. The average Bonchev–Trinajstić information content (AvgIpc) is 3.69. The van der Waals surface area contributed by atoms with Crippen molar-refractivity contribution >= 4 is 45.9 Å². The maximum atomic E-state index is 14.4. The quantitative estimate of drug-likeness (QED) is 0.257. The second-order valence-electron chi connectivity index (χ2n) is 11.7. The van der Waals surface area contributed by atoms with Crippen LogP contribution < -0.4 is 20.9 Å². The molecule has 4 heterocycles. The fraction of sp³-hybridized carbons (Fsp3) is 0.333. The number of primary amides is 1. The van der Waals surface area contributed by atoms with Gasteiger partial charge in [-0.25, -0.2) is 24.0 Å². The molecule has 3 saturated heterocycles. The van der Waals surface area contributed by atoms with Crippen molar-refractivity contribution in [2.45, 2.75) is 25.2 Å². The number of nitrogens with zero attached hydrogens (tertiary/aromatic N) is 5. The third kappa shape index (κ3) is 5.56. The van der Waals surface area contributed by atoms with Gasteiger partial charge in [-0.2, -0.15) is 0 Å². The number of aliphatic hydroxyl groups excluding tert-OH is 1. The van der Waals surface area contributed by atoms with E-state index >= 15 is 0 Å². The molecule has 3 aromatic carbocycles. The number of aliphatic hydroxyl groups is 1. The van der Waals surface area contributed by atoms with Crippen molar-refractivity contribution in [3.05, 3.63) is 83.3 Å². The van der Waals surface area contributed by atoms with E-state index in [9.17, 15) is 19.1 Å². The highest BCUT2D eigenvalue weighted by atomic mass is 35.5. The number of carbonyl (C=O) groups excluding carboxylic acids is 2. The number of morpholine rings is 1. The molecule has 2 atom stereocenters. The minimum Gasteiger partial charge on any atom is -0.378 e. The summed E-state index contributed by atoms with van der Waals surface area (Å²) in [6.45, 7) is 4.68. The van der Waals surface area contributed by atoms with Crippen LogP contribution in [0.4, 0.5) is 25.4 Å². The Hall–Kier alpha value is -4.20. The molecule has 3 amide bonds. The highest BCUT2D eigenvalue weighted by Gasteiger charge is 2.45. The van der Waals surface area contributed by atoms with Gasteiger partial charge >= 0.3 is 12.1 Å². The zero-order valence-corrected chi connectivity index (χ0v) is 25.9. The van der Waals surface area contributed by atoms with Crippen molar-refractivity contribution in [1.29, 1.82) is 0 Å². The maximum Gasteiger partial charge on any atom is 0.339 e. The van der Waals surface area contributed by atoms with Gasteiger partial charge in [0.2, 0.25) is 0 Å². The number of halogens is 2. The van der Waals surface area contributed by atoms with E-state index in [1.807, 2.05) is 23.2 Å². The van der Waals surface area contributed by atoms with Gasteiger partial charge in [0.1, 0.15) is 12.0 Å². The van der Waals surface area contributed by atoms with Gasteiger partial charge in [0, 0.05) is 62.1 Å². The number of aromatic nitrogens is 1. The van der Waals surface area contributed by atoms with Gasteiger partial charge in [-0.05, 0) is 41.8 Å². The summed E-state index contributed by atoms with van der Waals surface area (Å²) < 4.78 is 21.3. The summed E-state index contributed by atoms with van der Waals surface area (Å²) in [5.74, 6) is -0.545. The molecule has 0 bridgehead atoms. The van der Waals surface area contributed by atoms with Crippen LogP contribution in [0.1, 0.15) is 12.0 Å². The van der Waals surface area contributed by atoms with Crippen LogP contribution in [0.25, 0.3) is 22.0 Å². The van der Waals surface area contributed by atoms with Crippen molar-refractivity contribution in [1.82, 2.24) is 19.9 Å². The number of rotatable bonds is 7. The summed E-state index contributed by atoms with van der Waals surface area (Å²) >= 11 is 5.91. The van der Waals surface area contributed by atoms with Crippen LogP contribution in [0.15, 0.2) is 66.9 Å². The van der Waals surface area contributed by atoms with Crippen LogP contribution in [0.2, 0.25) is 5.02 Å². The summed E-state index contributed by atoms with van der Waals surface area (Å²) in [7, 11) is 0. The lowest BCUT2D eigenvalue weighted by Gasteiger charge is -2.42. The monoisotopic (exact) mass is 647 g/mol. The average molecular weight is 648 g/mol. The Balaban J connectivity index is 1.13. The third-order valence-corrected chi connectivity index (χ3v) is 9.39. The number of benzene rings is 3. The molecule has 46 heavy (non-hydrogen) atoms. The molecule has 7 rings (SSSR count). The maximum absolute atomic E-state index is 14.4. The molecule has 0 aliphatic carbocycles. The van der Waals surface area contributed by atoms with Crippen LogP contribution >= 0.6 is 11.6 Å². The summed E-state index contributed by atoms with van der Waals surface area (Å²) in [6.07, 6.45) is 1.02. The van der Waals surface area contributed by atoms with E-state index < -0.39 is 24.1 Å². The van der Waals surface area contributed by atoms with Gasteiger partial charge in [-0.3, -0.25) is 14.8 Å². The van der Waals surface area contributed by atoms with E-state index in [2.05, 4.69) is 34.5 Å². The van der Waals surface area contributed by atoms with E-state index in [0.717, 1.165) is 29.9 Å². The first kappa shape index (κ1) is 30.5. The normalized spacial score (nSPS) is 19.6. The number of ether oxygens (including phenoxy) is 1. The van der Waals surface area contributed by atoms with Gasteiger partial charge in [-0.1, -0.05) is 48.0 Å². The molecule has 1 unspecified atom stereocenters. The van der Waals surface area contributed by atoms with Gasteiger partial charge in [-0.15, -0.1) is 0 Å². The number of hydrazine groups is 1. The minimum absolute atomic E-state index is 0.00612. The van der Waals surface area contributed by atoms with Crippen molar-refractivity contribution < 1.29 is 23.8 Å². The molecule has 240 valence electrons. The Morgan fingerprint density at radius 3 is 2.57 bits per heavy atom. The second-order valence-corrected chi connectivity index (χ2v) is 12.1. The van der Waals surface area contributed by atoms with E-state index in [0.29, 0.717) is 61.4 Å². The van der Waals surface area contributed by atoms with Crippen molar-refractivity contribution in [3.63, 3.8) is 0 Å². The molecule has 0 spiro atoms. The topological polar surface area (TPSA) is 120 Å². The van der Waals surface area contributed by atoms with E-state index in [-0.39, 0.29) is 17.6 Å². The number of urea groups is 1. The Morgan fingerprint density at radius 2 is 1.80 bits per heavy atom. The number of hydrogen-bond donors (Lipinski definition) is 3. The first-order valence-corrected chi connectivity index (χ1v) is 15.8. The van der Waals surface area contributed by atoms with Gasteiger partial charge < -0.3 is 20.5 Å². The number of nitrogens with one attached hydrogen (secondary N) is 1. The lowest BCUT2D eigenvalue weighted by molar-refractivity contribution is -0.0246. The van der Waals surface area contributed by atoms with Crippen LogP contribution in [0, 0.1) is 5.82 Å². The van der Waals surface area contributed by atoms with Gasteiger partial charge in [0.15, 0.2) is 0 Å². The zero-order valence-electron chi connectivity index (χ0n) is 25.1. The number of fused-ring (bicyclic) bond motifs is 2. The van der Waals surface area contributed by atoms with Crippen LogP contribution in [0.3, 0.4) is 0 Å². The van der Waals surface area contributed by atoms with Crippen LogP contribution in [-0.4, -0.2) is 90.0 Å². The van der Waals surface area contributed by atoms with Crippen molar-refractivity contribution in [2.24, 2.45) is 5.73 Å². The largest absolute Gasteiger partial charge is 0.378 e. The lowest BCUT2D eigenvalue weighted by atomic mass is 10.0. The standard InChI is InChI=1S/C33H35ClFN7O4/c34-26-3-1-2-23(30(26)35)19-37-31(43)27-10-11-39-12-13-40(33(45)42(27)39)29-20-41(32(36)44)28-18-22(6-9-25(28)29)21-4-7-24(8-5-21)38-14-16-46-17-15-38/h1-9,18,20,27,31,37,43H,10-17,19H2,(H2,36,44)/t27-,31?/m0/s1. The third-order valence-electron chi connectivity index (χ3n) is 9.10. The predicted molar refractivity (Wildman–Crippen MR) is 174 cm³/mol. The van der Waals surface area contributed by atoms with E-state index in [1.165, 1.54) is 10.6 Å². The zero-order chi connectivity index (χ0) is 31.9. The molecule has 4 aromatic rings. The van der Waals surface area contributed by atoms with Crippen LogP contribution in [-0.2, 0) is 11.3 Å². The molecular weight excluding hydrogens is 613 g/mol. The number of hydrogen-bond acceptors (Lipinski definition) is 7. The highest BCUT2D eigenvalue weighted by Crippen LogP contribution is 2.36. The van der Waals surface area contributed by atoms with Gasteiger partial charge in [0.05, 0.1) is 35.5 Å². The Labute approximate surface area is 270 Å². The first-order valence-electron chi connectivity index (χ1n) is 15.4. The highest BCUT2D eigenvalue weighted by molar-refractivity contribution is 6.30. The lowest BCUT2D eigenvalue weighted by Crippen LogP contribution is -2.62. The molecule has 3 aliphatic rings. The molecule has 0 saturated carbocycles. The van der Waals surface area contributed by atoms with E-state index in [4.69, 9.17) is 22.1 Å². The molecule has 11 nitrogen and oxygen atoms in total. The number of anilines is 2. The van der Waals surface area contributed by atoms with Crippen molar-refractivity contribution in [3.8, 4) is 11.1 Å². The SMILES string of the molecule is NC(=O)n1cc(N2CCN3CC[C@@H](C(O)NCc4cccc(Cl)c4F)N3C2=O)c2ccc(-c3ccc(N4CCOCC4)cc3)cc21. The first-order chi connectivity index (χ1) is 22.3. The van der Waals surface area contributed by atoms with Gasteiger partial charge in [0.25, 0.3) is 0 Å². The molecular formula is C33H35ClFN7O4. The molecule has 3 fully saturated rings. The number of carbonyl (C=O) groups is 2. The summed E-state index contributed by atoms with van der Waals surface area (Å²) in [4.78, 5) is 30.5. The smallest absolute Gasteiger partial charge is 0.339 e. The Morgan fingerprint density at radius 1 is 1.04 bits per heavy atom. The van der Waals surface area contributed by atoms with Crippen LogP contribution in [0.5, 0.6) is 0 Å². The molecule has 0 radical (unpaired) electrons. The number of nitrogens with two attached hydrogens (primary N) is 1. The molecule has 4 N–H and O–H groups in total. The Bertz CT molecular complexity index is 1780. The summed E-state index contributed by atoms with van der Waals surface area (Å²) in [5.41, 5.74) is 10.3.